The van der Waals surface area contributed by atoms with Gasteiger partial charge in [-0.25, -0.2) is 0 Å². The molecule has 0 aliphatic rings. The molecule has 0 radical (unpaired) electrons. The highest BCUT2D eigenvalue weighted by Crippen LogP contribution is 2.23. The number of nitrogens with zero attached hydrogens (tertiary/aromatic N) is 1. The second kappa shape index (κ2) is 5.79. The first-order valence-corrected chi connectivity index (χ1v) is 6.55. The Morgan fingerprint density at radius 2 is 1.41 bits per heavy atom. The summed E-state index contributed by atoms with van der Waals surface area (Å²) in [5, 5.41) is 0. The van der Waals surface area contributed by atoms with Gasteiger partial charge in [-0.05, 0) is 25.7 Å². The number of carbonyl (C=O) groups excluding carboxylic acids is 1. The summed E-state index contributed by atoms with van der Waals surface area (Å²) in [6.07, 6.45) is 1.39. The summed E-state index contributed by atoms with van der Waals surface area (Å²) in [6.45, 7) is 16.6. The Kier molecular flexibility index (Phi) is 5.57. The third-order valence-corrected chi connectivity index (χ3v) is 2.71. The molecule has 0 aromatic carbocycles. The molecule has 0 N–H and O–H groups in total. The minimum Gasteiger partial charge on any atom is -0.299 e. The number of ketones is 1. The summed E-state index contributed by atoms with van der Waals surface area (Å²) in [5.41, 5.74) is 0.980. The van der Waals surface area contributed by atoms with Crippen molar-refractivity contribution in [1.82, 2.24) is 0 Å². The van der Waals surface area contributed by atoms with Gasteiger partial charge in [0.25, 0.3) is 0 Å². The molecule has 0 heterocycles. The topological polar surface area (TPSA) is 29.4 Å². The first kappa shape index (κ1) is 16.3. The molecule has 0 unspecified atom stereocenters. The Morgan fingerprint density at radius 3 is 1.71 bits per heavy atom. The Balaban J connectivity index is 4.66. The number of rotatable bonds is 4. The monoisotopic (exact) mass is 239 g/mol. The van der Waals surface area contributed by atoms with Gasteiger partial charge in [0.2, 0.25) is 0 Å². The summed E-state index contributed by atoms with van der Waals surface area (Å²) in [6, 6.07) is 0.300. The van der Waals surface area contributed by atoms with Crippen molar-refractivity contribution in [2.75, 3.05) is 0 Å². The number of hydrogen-bond acceptors (Lipinski definition) is 2. The average Bonchev–Trinajstić information content (AvgIpc) is 2.07. The van der Waals surface area contributed by atoms with Crippen LogP contribution in [0.3, 0.4) is 0 Å². The molecule has 0 rings (SSSR count). The molecule has 100 valence electrons. The van der Waals surface area contributed by atoms with Crippen LogP contribution < -0.4 is 0 Å². The third-order valence-electron chi connectivity index (χ3n) is 2.71. The van der Waals surface area contributed by atoms with E-state index in [1.807, 2.05) is 20.8 Å². The van der Waals surface area contributed by atoms with E-state index in [1.54, 1.807) is 0 Å². The zero-order valence-corrected chi connectivity index (χ0v) is 12.8. The summed E-state index contributed by atoms with van der Waals surface area (Å²) in [7, 11) is 0. The maximum Gasteiger partial charge on any atom is 0.138 e. The third kappa shape index (κ3) is 6.60. The molecule has 2 nitrogen and oxygen atoms in total. The van der Waals surface area contributed by atoms with Crippen LogP contribution in [-0.4, -0.2) is 17.5 Å². The van der Waals surface area contributed by atoms with Gasteiger partial charge in [-0.15, -0.1) is 0 Å². The molecule has 0 aliphatic carbocycles. The van der Waals surface area contributed by atoms with Crippen molar-refractivity contribution in [1.29, 1.82) is 0 Å². The standard InChI is InChI=1S/C15H29NO/c1-11(2)16-12(14(3,4)5)9-10-13(17)15(6,7)8/h11H,9-10H2,1-8H3. The second-order valence-electron chi connectivity index (χ2n) is 7.09. The van der Waals surface area contributed by atoms with Crippen molar-refractivity contribution >= 4 is 11.5 Å². The van der Waals surface area contributed by atoms with Gasteiger partial charge in [-0.3, -0.25) is 9.79 Å². The first-order valence-electron chi connectivity index (χ1n) is 6.55. The lowest BCUT2D eigenvalue weighted by atomic mass is 9.83. The zero-order chi connectivity index (χ0) is 13.9. The van der Waals surface area contributed by atoms with E-state index in [4.69, 9.17) is 0 Å². The molecular weight excluding hydrogens is 210 g/mol. The molecule has 0 spiro atoms. The maximum atomic E-state index is 11.9. The highest BCUT2D eigenvalue weighted by atomic mass is 16.1. The second-order valence-corrected chi connectivity index (χ2v) is 7.09. The average molecular weight is 239 g/mol. The Bertz CT molecular complexity index is 287. The molecule has 0 atom stereocenters. The van der Waals surface area contributed by atoms with Crippen molar-refractivity contribution in [2.45, 2.75) is 74.3 Å². The van der Waals surface area contributed by atoms with E-state index in [0.717, 1.165) is 12.1 Å². The van der Waals surface area contributed by atoms with Gasteiger partial charge in [0.1, 0.15) is 5.78 Å². The number of aliphatic imine (C=N–C) groups is 1. The van der Waals surface area contributed by atoms with Crippen LogP contribution in [0.25, 0.3) is 0 Å². The SMILES string of the molecule is CC(C)N=C(CCC(=O)C(C)(C)C)C(C)(C)C. The summed E-state index contributed by atoms with van der Waals surface area (Å²) < 4.78 is 0. The molecule has 0 aromatic heterocycles. The minimum absolute atomic E-state index is 0.0580. The van der Waals surface area contributed by atoms with Gasteiger partial charge in [0.15, 0.2) is 0 Å². The normalized spacial score (nSPS) is 14.3. The fraction of sp³-hybridized carbons (Fsp3) is 0.867. The molecule has 0 saturated carbocycles. The predicted molar refractivity (Wildman–Crippen MR) is 75.7 cm³/mol. The molecule has 0 aliphatic heterocycles. The van der Waals surface area contributed by atoms with Crippen LogP contribution in [0.15, 0.2) is 4.99 Å². The highest BCUT2D eigenvalue weighted by Gasteiger charge is 2.24. The van der Waals surface area contributed by atoms with Crippen molar-refractivity contribution in [3.8, 4) is 0 Å². The smallest absolute Gasteiger partial charge is 0.138 e. The number of carbonyl (C=O) groups is 1. The van der Waals surface area contributed by atoms with Gasteiger partial charge < -0.3 is 0 Å². The fourth-order valence-electron chi connectivity index (χ4n) is 1.55. The largest absolute Gasteiger partial charge is 0.299 e. The van der Waals surface area contributed by atoms with Gasteiger partial charge in [-0.2, -0.15) is 0 Å². The zero-order valence-electron chi connectivity index (χ0n) is 12.8. The molecular formula is C15H29NO. The molecule has 0 saturated heterocycles. The van der Waals surface area contributed by atoms with Crippen LogP contribution in [0.4, 0.5) is 0 Å². The van der Waals surface area contributed by atoms with E-state index in [-0.39, 0.29) is 10.8 Å². The van der Waals surface area contributed by atoms with Crippen LogP contribution in [0.5, 0.6) is 0 Å². The molecule has 2 heteroatoms. The molecule has 0 amide bonds. The Labute approximate surface area is 107 Å². The van der Waals surface area contributed by atoms with Gasteiger partial charge in [0, 0.05) is 23.6 Å². The maximum absolute atomic E-state index is 11.9. The Morgan fingerprint density at radius 1 is 0.941 bits per heavy atom. The first-order chi connectivity index (χ1) is 7.44. The predicted octanol–water partition coefficient (Wildman–Crippen LogP) is 4.28. The highest BCUT2D eigenvalue weighted by molar-refractivity contribution is 5.94. The van der Waals surface area contributed by atoms with Crippen LogP contribution >= 0.6 is 0 Å². The lowest BCUT2D eigenvalue weighted by Crippen LogP contribution is -2.26. The molecule has 0 fully saturated rings. The van der Waals surface area contributed by atoms with E-state index in [2.05, 4.69) is 39.6 Å². The quantitative estimate of drug-likeness (QED) is 0.673. The van der Waals surface area contributed by atoms with Crippen LogP contribution in [0, 0.1) is 10.8 Å². The van der Waals surface area contributed by atoms with Crippen molar-refractivity contribution < 1.29 is 4.79 Å². The van der Waals surface area contributed by atoms with Crippen molar-refractivity contribution in [3.63, 3.8) is 0 Å². The molecule has 17 heavy (non-hydrogen) atoms. The van der Waals surface area contributed by atoms with Gasteiger partial charge >= 0.3 is 0 Å². The van der Waals surface area contributed by atoms with E-state index >= 15 is 0 Å². The number of hydrogen-bond donors (Lipinski definition) is 0. The number of Topliss-reactive ketones (excluding diaryl/α,β-unsaturated/α-hetero) is 1. The van der Waals surface area contributed by atoms with E-state index in [0.29, 0.717) is 18.2 Å². The van der Waals surface area contributed by atoms with Crippen molar-refractivity contribution in [3.05, 3.63) is 0 Å². The minimum atomic E-state index is -0.235. The van der Waals surface area contributed by atoms with Crippen molar-refractivity contribution in [2.24, 2.45) is 15.8 Å². The molecule has 0 aromatic rings. The Hall–Kier alpha value is -0.660. The van der Waals surface area contributed by atoms with Gasteiger partial charge in [0.05, 0.1) is 0 Å². The van der Waals surface area contributed by atoms with Crippen LogP contribution in [-0.2, 0) is 4.79 Å². The fourth-order valence-corrected chi connectivity index (χ4v) is 1.55. The summed E-state index contributed by atoms with van der Waals surface area (Å²) >= 11 is 0. The molecule has 0 bridgehead atoms. The lowest BCUT2D eigenvalue weighted by Gasteiger charge is -2.24. The summed E-state index contributed by atoms with van der Waals surface area (Å²) in [5.74, 6) is 0.318. The van der Waals surface area contributed by atoms with Gasteiger partial charge in [-0.1, -0.05) is 41.5 Å². The van der Waals surface area contributed by atoms with E-state index < -0.39 is 0 Å². The lowest BCUT2D eigenvalue weighted by molar-refractivity contribution is -0.126. The summed E-state index contributed by atoms with van der Waals surface area (Å²) in [4.78, 5) is 16.6. The van der Waals surface area contributed by atoms with E-state index in [1.165, 1.54) is 0 Å². The van der Waals surface area contributed by atoms with Crippen LogP contribution in [0.2, 0.25) is 0 Å². The van der Waals surface area contributed by atoms with Crippen LogP contribution in [0.1, 0.15) is 68.2 Å². The van der Waals surface area contributed by atoms with E-state index in [9.17, 15) is 4.79 Å².